The smallest absolute Gasteiger partial charge is 0.140 e. The van der Waals surface area contributed by atoms with Gasteiger partial charge in [-0.2, -0.15) is 0 Å². The van der Waals surface area contributed by atoms with Gasteiger partial charge >= 0.3 is 0 Å². The first-order valence-corrected chi connectivity index (χ1v) is 7.08. The maximum atomic E-state index is 13.1. The van der Waals surface area contributed by atoms with E-state index in [0.29, 0.717) is 12.4 Å². The van der Waals surface area contributed by atoms with E-state index in [4.69, 9.17) is 4.74 Å². The van der Waals surface area contributed by atoms with E-state index in [2.05, 4.69) is 31.1 Å². The molecule has 0 bridgehead atoms. The molecule has 0 spiro atoms. The SMILES string of the molecule is Cc1ccc(F)cc1OCc1nc(C(C)(C)C)cs1. The molecule has 0 radical (unpaired) electrons. The van der Waals surface area contributed by atoms with Crippen LogP contribution in [0.4, 0.5) is 4.39 Å². The lowest BCUT2D eigenvalue weighted by atomic mass is 9.93. The normalized spacial score (nSPS) is 11.6. The van der Waals surface area contributed by atoms with Crippen molar-refractivity contribution in [2.24, 2.45) is 0 Å². The zero-order valence-electron chi connectivity index (χ0n) is 11.7. The van der Waals surface area contributed by atoms with E-state index in [9.17, 15) is 4.39 Å². The second kappa shape index (κ2) is 5.29. The molecule has 2 rings (SSSR count). The van der Waals surface area contributed by atoms with Crippen LogP contribution in [-0.4, -0.2) is 4.98 Å². The summed E-state index contributed by atoms with van der Waals surface area (Å²) in [5.41, 5.74) is 2.03. The predicted octanol–water partition coefficient (Wildman–Crippen LogP) is 4.47. The zero-order chi connectivity index (χ0) is 14.0. The van der Waals surface area contributed by atoms with Crippen molar-refractivity contribution in [3.05, 3.63) is 45.7 Å². The Morgan fingerprint density at radius 1 is 1.32 bits per heavy atom. The summed E-state index contributed by atoms with van der Waals surface area (Å²) in [6, 6.07) is 4.56. The minimum absolute atomic E-state index is 0.0452. The van der Waals surface area contributed by atoms with Crippen LogP contribution < -0.4 is 4.74 Å². The van der Waals surface area contributed by atoms with Gasteiger partial charge in [-0.05, 0) is 18.6 Å². The maximum Gasteiger partial charge on any atom is 0.140 e. The van der Waals surface area contributed by atoms with Crippen molar-refractivity contribution in [3.8, 4) is 5.75 Å². The number of thiazole rings is 1. The number of benzene rings is 1. The molecule has 0 atom stereocenters. The lowest BCUT2D eigenvalue weighted by Crippen LogP contribution is -2.11. The van der Waals surface area contributed by atoms with Crippen molar-refractivity contribution in [1.82, 2.24) is 4.98 Å². The Balaban J connectivity index is 2.06. The van der Waals surface area contributed by atoms with Gasteiger partial charge in [-0.3, -0.25) is 0 Å². The molecule has 1 aromatic heterocycles. The number of aryl methyl sites for hydroxylation is 1. The van der Waals surface area contributed by atoms with Crippen LogP contribution in [0.1, 0.15) is 37.0 Å². The summed E-state index contributed by atoms with van der Waals surface area (Å²) in [5.74, 6) is 0.294. The van der Waals surface area contributed by atoms with Crippen LogP contribution in [0, 0.1) is 12.7 Å². The third kappa shape index (κ3) is 3.53. The second-order valence-corrected chi connectivity index (χ2v) is 6.52. The minimum atomic E-state index is -0.282. The molecule has 0 N–H and O–H groups in total. The molecule has 102 valence electrons. The van der Waals surface area contributed by atoms with Crippen LogP contribution in [0.25, 0.3) is 0 Å². The number of aromatic nitrogens is 1. The number of nitrogens with zero attached hydrogens (tertiary/aromatic N) is 1. The van der Waals surface area contributed by atoms with E-state index in [1.54, 1.807) is 17.4 Å². The molecule has 0 amide bonds. The van der Waals surface area contributed by atoms with Crippen LogP contribution in [0.15, 0.2) is 23.6 Å². The molecule has 0 saturated heterocycles. The number of hydrogen-bond acceptors (Lipinski definition) is 3. The van der Waals surface area contributed by atoms with Gasteiger partial charge in [0.1, 0.15) is 23.2 Å². The van der Waals surface area contributed by atoms with Gasteiger partial charge < -0.3 is 4.74 Å². The van der Waals surface area contributed by atoms with Gasteiger partial charge in [0.25, 0.3) is 0 Å². The van der Waals surface area contributed by atoms with Gasteiger partial charge in [0.05, 0.1) is 5.69 Å². The third-order valence-electron chi connectivity index (χ3n) is 2.82. The molecule has 0 aliphatic heterocycles. The van der Waals surface area contributed by atoms with Gasteiger partial charge in [0.15, 0.2) is 0 Å². The number of hydrogen-bond donors (Lipinski definition) is 0. The highest BCUT2D eigenvalue weighted by Crippen LogP contribution is 2.25. The quantitative estimate of drug-likeness (QED) is 0.827. The summed E-state index contributed by atoms with van der Waals surface area (Å²) < 4.78 is 18.8. The molecule has 2 aromatic rings. The molecule has 0 saturated carbocycles. The lowest BCUT2D eigenvalue weighted by molar-refractivity contribution is 0.301. The number of ether oxygens (including phenoxy) is 1. The van der Waals surface area contributed by atoms with Gasteiger partial charge in [-0.15, -0.1) is 11.3 Å². The highest BCUT2D eigenvalue weighted by molar-refractivity contribution is 7.09. The van der Waals surface area contributed by atoms with Crippen molar-refractivity contribution < 1.29 is 9.13 Å². The summed E-state index contributed by atoms with van der Waals surface area (Å²) in [7, 11) is 0. The summed E-state index contributed by atoms with van der Waals surface area (Å²) in [5, 5.41) is 2.96. The summed E-state index contributed by atoms with van der Waals surface area (Å²) in [6.07, 6.45) is 0. The van der Waals surface area contributed by atoms with Crippen molar-refractivity contribution in [2.75, 3.05) is 0 Å². The minimum Gasteiger partial charge on any atom is -0.486 e. The molecule has 2 nitrogen and oxygen atoms in total. The zero-order valence-corrected chi connectivity index (χ0v) is 12.5. The van der Waals surface area contributed by atoms with Gasteiger partial charge in [-0.1, -0.05) is 26.8 Å². The first kappa shape index (κ1) is 14.0. The van der Waals surface area contributed by atoms with Gasteiger partial charge in [0.2, 0.25) is 0 Å². The second-order valence-electron chi connectivity index (χ2n) is 5.57. The van der Waals surface area contributed by atoms with Crippen LogP contribution >= 0.6 is 11.3 Å². The van der Waals surface area contributed by atoms with Crippen LogP contribution in [-0.2, 0) is 12.0 Å². The fourth-order valence-corrected chi connectivity index (χ4v) is 2.52. The number of halogens is 1. The molecule has 0 aliphatic carbocycles. The maximum absolute atomic E-state index is 13.1. The molecule has 19 heavy (non-hydrogen) atoms. The standard InChI is InChI=1S/C15H18FNOS/c1-10-5-6-11(16)7-12(10)18-8-14-17-13(9-19-14)15(2,3)4/h5-7,9H,8H2,1-4H3. The summed E-state index contributed by atoms with van der Waals surface area (Å²) in [6.45, 7) is 8.67. The molecule has 4 heteroatoms. The molecule has 0 aliphatic rings. The molecular formula is C15H18FNOS. The third-order valence-corrected chi connectivity index (χ3v) is 3.64. The average Bonchev–Trinajstić information content (AvgIpc) is 2.79. The Bertz CT molecular complexity index is 572. The Labute approximate surface area is 117 Å². The molecule has 0 fully saturated rings. The molecule has 1 heterocycles. The predicted molar refractivity (Wildman–Crippen MR) is 76.3 cm³/mol. The largest absolute Gasteiger partial charge is 0.486 e. The lowest BCUT2D eigenvalue weighted by Gasteiger charge is -2.14. The average molecular weight is 279 g/mol. The molecular weight excluding hydrogens is 261 g/mol. The van der Waals surface area contributed by atoms with Gasteiger partial charge in [-0.25, -0.2) is 9.37 Å². The van der Waals surface area contributed by atoms with E-state index >= 15 is 0 Å². The fourth-order valence-electron chi connectivity index (χ4n) is 1.59. The Hall–Kier alpha value is -1.42. The van der Waals surface area contributed by atoms with E-state index in [1.165, 1.54) is 12.1 Å². The van der Waals surface area contributed by atoms with Crippen molar-refractivity contribution >= 4 is 11.3 Å². The summed E-state index contributed by atoms with van der Waals surface area (Å²) in [4.78, 5) is 4.55. The fraction of sp³-hybridized carbons (Fsp3) is 0.400. The monoisotopic (exact) mass is 279 g/mol. The summed E-state index contributed by atoms with van der Waals surface area (Å²) >= 11 is 1.58. The Kier molecular flexibility index (Phi) is 3.90. The van der Waals surface area contributed by atoms with Crippen molar-refractivity contribution in [3.63, 3.8) is 0 Å². The van der Waals surface area contributed by atoms with Gasteiger partial charge in [0, 0.05) is 16.9 Å². The Morgan fingerprint density at radius 3 is 2.68 bits per heavy atom. The van der Waals surface area contributed by atoms with Crippen molar-refractivity contribution in [2.45, 2.75) is 39.7 Å². The highest BCUT2D eigenvalue weighted by atomic mass is 32.1. The van der Waals surface area contributed by atoms with E-state index < -0.39 is 0 Å². The molecule has 1 aromatic carbocycles. The van der Waals surface area contributed by atoms with E-state index in [0.717, 1.165) is 16.3 Å². The van der Waals surface area contributed by atoms with E-state index in [1.807, 2.05) is 6.92 Å². The first-order valence-electron chi connectivity index (χ1n) is 6.20. The van der Waals surface area contributed by atoms with Crippen LogP contribution in [0.2, 0.25) is 0 Å². The van der Waals surface area contributed by atoms with Crippen molar-refractivity contribution in [1.29, 1.82) is 0 Å². The van der Waals surface area contributed by atoms with E-state index in [-0.39, 0.29) is 11.2 Å². The van der Waals surface area contributed by atoms with Crippen LogP contribution in [0.5, 0.6) is 5.75 Å². The Morgan fingerprint density at radius 2 is 2.05 bits per heavy atom. The first-order chi connectivity index (χ1) is 8.86. The molecule has 0 unspecified atom stereocenters. The highest BCUT2D eigenvalue weighted by Gasteiger charge is 2.17. The number of rotatable bonds is 3. The topological polar surface area (TPSA) is 22.1 Å². The van der Waals surface area contributed by atoms with Crippen LogP contribution in [0.3, 0.4) is 0 Å².